The summed E-state index contributed by atoms with van der Waals surface area (Å²) in [6, 6.07) is 17.7. The fraction of sp³-hybridized carbons (Fsp3) is 0.269. The molecule has 1 aliphatic rings. The topological polar surface area (TPSA) is 59.0 Å². The zero-order valence-corrected chi connectivity index (χ0v) is 18.7. The number of alkyl halides is 3. The van der Waals surface area contributed by atoms with Crippen LogP contribution in [0.4, 0.5) is 24.5 Å². The molecule has 1 heterocycles. The van der Waals surface area contributed by atoms with E-state index in [4.69, 9.17) is 4.74 Å². The molecule has 3 aromatic rings. The van der Waals surface area contributed by atoms with Crippen molar-refractivity contribution in [3.63, 3.8) is 0 Å². The van der Waals surface area contributed by atoms with E-state index >= 15 is 0 Å². The SMILES string of the molecule is CC(C)COc1ccc(N2c3ccc(-c4ccc(OC(F)(F)F)cc4)cc3CC2C(=O)O)cc1. The van der Waals surface area contributed by atoms with Gasteiger partial charge in [0.15, 0.2) is 0 Å². The van der Waals surface area contributed by atoms with Crippen molar-refractivity contribution >= 4 is 17.3 Å². The number of benzene rings is 3. The van der Waals surface area contributed by atoms with Gasteiger partial charge in [0.2, 0.25) is 0 Å². The van der Waals surface area contributed by atoms with Crippen LogP contribution >= 0.6 is 0 Å². The molecule has 0 saturated heterocycles. The van der Waals surface area contributed by atoms with Gasteiger partial charge in [-0.15, -0.1) is 13.2 Å². The highest BCUT2D eigenvalue weighted by Crippen LogP contribution is 2.41. The molecule has 0 radical (unpaired) electrons. The molecule has 4 rings (SSSR count). The predicted octanol–water partition coefficient (Wildman–Crippen LogP) is 6.43. The third kappa shape index (κ3) is 5.27. The second kappa shape index (κ2) is 9.29. The minimum absolute atomic E-state index is 0.296. The van der Waals surface area contributed by atoms with Gasteiger partial charge in [-0.2, -0.15) is 0 Å². The molecule has 5 nitrogen and oxygen atoms in total. The van der Waals surface area contributed by atoms with Crippen LogP contribution in [0.2, 0.25) is 0 Å². The van der Waals surface area contributed by atoms with Gasteiger partial charge in [0.1, 0.15) is 17.5 Å². The number of fused-ring (bicyclic) bond motifs is 1. The van der Waals surface area contributed by atoms with E-state index in [1.807, 2.05) is 42.5 Å². The highest BCUT2D eigenvalue weighted by molar-refractivity contribution is 5.88. The maximum absolute atomic E-state index is 12.4. The van der Waals surface area contributed by atoms with Crippen LogP contribution in [0.25, 0.3) is 11.1 Å². The Morgan fingerprint density at radius 3 is 2.21 bits per heavy atom. The molecule has 178 valence electrons. The maximum Gasteiger partial charge on any atom is 0.573 e. The molecule has 0 fully saturated rings. The van der Waals surface area contributed by atoms with E-state index in [1.165, 1.54) is 12.1 Å². The van der Waals surface area contributed by atoms with Crippen molar-refractivity contribution in [2.24, 2.45) is 5.92 Å². The van der Waals surface area contributed by atoms with Crippen LogP contribution in [0.15, 0.2) is 66.7 Å². The number of aliphatic carboxylic acids is 1. The molecule has 1 atom stereocenters. The largest absolute Gasteiger partial charge is 0.573 e. The summed E-state index contributed by atoms with van der Waals surface area (Å²) in [6.07, 6.45) is -4.44. The molecule has 0 spiro atoms. The summed E-state index contributed by atoms with van der Waals surface area (Å²) in [7, 11) is 0. The van der Waals surface area contributed by atoms with Crippen LogP contribution in [0, 0.1) is 5.92 Å². The molecule has 8 heteroatoms. The third-order valence-electron chi connectivity index (χ3n) is 5.47. The number of carboxylic acids is 1. The van der Waals surface area contributed by atoms with E-state index in [2.05, 4.69) is 18.6 Å². The number of nitrogens with zero attached hydrogens (tertiary/aromatic N) is 1. The Hall–Kier alpha value is -3.68. The van der Waals surface area contributed by atoms with Gasteiger partial charge in [0.05, 0.1) is 6.61 Å². The lowest BCUT2D eigenvalue weighted by Gasteiger charge is -2.25. The Bertz CT molecular complexity index is 1160. The Morgan fingerprint density at radius 1 is 1.00 bits per heavy atom. The average molecular weight is 471 g/mol. The second-order valence-electron chi connectivity index (χ2n) is 8.54. The first kappa shape index (κ1) is 23.5. The quantitative estimate of drug-likeness (QED) is 0.430. The van der Waals surface area contributed by atoms with Gasteiger partial charge in [-0.25, -0.2) is 4.79 Å². The number of rotatable bonds is 7. The summed E-state index contributed by atoms with van der Waals surface area (Å²) >= 11 is 0. The number of carboxylic acid groups (broad SMARTS) is 1. The lowest BCUT2D eigenvalue weighted by molar-refractivity contribution is -0.274. The normalized spacial score (nSPS) is 15.4. The minimum atomic E-state index is -4.75. The molecule has 0 saturated carbocycles. The monoisotopic (exact) mass is 471 g/mol. The fourth-order valence-electron chi connectivity index (χ4n) is 3.96. The standard InChI is InChI=1S/C26H24F3NO4/c1-16(2)15-33-21-10-6-20(7-11-21)30-23-12-5-18(13-19(23)14-24(30)25(31)32)17-3-8-22(9-4-17)34-26(27,28)29/h3-13,16,24H,14-15H2,1-2H3,(H,31,32). The lowest BCUT2D eigenvalue weighted by Crippen LogP contribution is -2.35. The zero-order valence-electron chi connectivity index (χ0n) is 18.7. The van der Waals surface area contributed by atoms with Gasteiger partial charge < -0.3 is 19.5 Å². The van der Waals surface area contributed by atoms with Crippen LogP contribution in [-0.2, 0) is 11.2 Å². The smallest absolute Gasteiger partial charge is 0.493 e. The molecule has 1 aliphatic heterocycles. The minimum Gasteiger partial charge on any atom is -0.493 e. The number of ether oxygens (including phenoxy) is 2. The highest BCUT2D eigenvalue weighted by Gasteiger charge is 2.36. The lowest BCUT2D eigenvalue weighted by atomic mass is 10.0. The van der Waals surface area contributed by atoms with Crippen molar-refractivity contribution in [1.82, 2.24) is 0 Å². The van der Waals surface area contributed by atoms with E-state index in [0.717, 1.165) is 28.3 Å². The molecule has 3 aromatic carbocycles. The molecular formula is C26H24F3NO4. The molecule has 0 amide bonds. The molecule has 0 aromatic heterocycles. The van der Waals surface area contributed by atoms with Crippen LogP contribution < -0.4 is 14.4 Å². The van der Waals surface area contributed by atoms with E-state index in [9.17, 15) is 23.1 Å². The molecule has 1 N–H and O–H groups in total. The van der Waals surface area contributed by atoms with Gasteiger partial charge in [-0.3, -0.25) is 0 Å². The van der Waals surface area contributed by atoms with Gasteiger partial charge >= 0.3 is 12.3 Å². The first-order valence-electron chi connectivity index (χ1n) is 10.8. The van der Waals surface area contributed by atoms with Crippen molar-refractivity contribution in [2.45, 2.75) is 32.7 Å². The summed E-state index contributed by atoms with van der Waals surface area (Å²) in [4.78, 5) is 13.8. The second-order valence-corrected chi connectivity index (χ2v) is 8.54. The van der Waals surface area contributed by atoms with Crippen molar-refractivity contribution in [1.29, 1.82) is 0 Å². The molecule has 0 aliphatic carbocycles. The van der Waals surface area contributed by atoms with Crippen molar-refractivity contribution in [2.75, 3.05) is 11.5 Å². The Labute approximate surface area is 195 Å². The predicted molar refractivity (Wildman–Crippen MR) is 123 cm³/mol. The first-order valence-corrected chi connectivity index (χ1v) is 10.8. The summed E-state index contributed by atoms with van der Waals surface area (Å²) < 4.78 is 46.9. The summed E-state index contributed by atoms with van der Waals surface area (Å²) in [5.41, 5.74) is 3.85. The van der Waals surface area contributed by atoms with E-state index in [-0.39, 0.29) is 5.75 Å². The average Bonchev–Trinajstić information content (AvgIpc) is 3.16. The van der Waals surface area contributed by atoms with Gasteiger partial charge in [-0.1, -0.05) is 32.0 Å². The van der Waals surface area contributed by atoms with Crippen molar-refractivity contribution < 1.29 is 32.5 Å². The van der Waals surface area contributed by atoms with Crippen molar-refractivity contribution in [3.8, 4) is 22.6 Å². The zero-order chi connectivity index (χ0) is 24.5. The Kier molecular flexibility index (Phi) is 6.41. The van der Waals surface area contributed by atoms with Gasteiger partial charge in [0.25, 0.3) is 0 Å². The number of carbonyl (C=O) groups is 1. The van der Waals surface area contributed by atoms with Gasteiger partial charge in [-0.05, 0) is 71.1 Å². The fourth-order valence-corrected chi connectivity index (χ4v) is 3.96. The summed E-state index contributed by atoms with van der Waals surface area (Å²) in [6.45, 7) is 4.72. The third-order valence-corrected chi connectivity index (χ3v) is 5.47. The van der Waals surface area contributed by atoms with Crippen molar-refractivity contribution in [3.05, 3.63) is 72.3 Å². The maximum atomic E-state index is 12.4. The van der Waals surface area contributed by atoms with E-state index < -0.39 is 18.4 Å². The van der Waals surface area contributed by atoms with Crippen LogP contribution in [0.1, 0.15) is 19.4 Å². The number of hydrogen-bond acceptors (Lipinski definition) is 4. The van der Waals surface area contributed by atoms with Gasteiger partial charge in [0, 0.05) is 17.8 Å². The summed E-state index contributed by atoms with van der Waals surface area (Å²) in [5.74, 6) is -0.122. The molecule has 1 unspecified atom stereocenters. The molecule has 0 bridgehead atoms. The molecular weight excluding hydrogens is 447 g/mol. The molecule has 34 heavy (non-hydrogen) atoms. The van der Waals surface area contributed by atoms with Crippen LogP contribution in [-0.4, -0.2) is 30.1 Å². The number of halogens is 3. The highest BCUT2D eigenvalue weighted by atomic mass is 19.4. The number of anilines is 2. The van der Waals surface area contributed by atoms with Crippen LogP contribution in [0.5, 0.6) is 11.5 Å². The Balaban J connectivity index is 1.59. The first-order chi connectivity index (χ1) is 16.1. The van der Waals surface area contributed by atoms with E-state index in [0.29, 0.717) is 24.5 Å². The van der Waals surface area contributed by atoms with Crippen LogP contribution in [0.3, 0.4) is 0 Å². The number of hydrogen-bond donors (Lipinski definition) is 1. The van der Waals surface area contributed by atoms with E-state index in [1.54, 1.807) is 17.0 Å². The summed E-state index contributed by atoms with van der Waals surface area (Å²) in [5, 5.41) is 9.85. The Morgan fingerprint density at radius 2 is 1.62 bits per heavy atom.